The second-order valence-corrected chi connectivity index (χ2v) is 6.05. The van der Waals surface area contributed by atoms with Gasteiger partial charge in [0.05, 0.1) is 5.56 Å². The van der Waals surface area contributed by atoms with Gasteiger partial charge in [0.2, 0.25) is 5.12 Å². The average Bonchev–Trinajstić information content (AvgIpc) is 2.77. The number of carboxylic acid groups (broad SMARTS) is 1. The number of aromatic carboxylic acids is 1. The van der Waals surface area contributed by atoms with Crippen molar-refractivity contribution in [1.82, 2.24) is 0 Å². The van der Waals surface area contributed by atoms with Gasteiger partial charge in [-0.3, -0.25) is 4.79 Å². The van der Waals surface area contributed by atoms with Crippen molar-refractivity contribution in [3.8, 4) is 0 Å². The van der Waals surface area contributed by atoms with Crippen LogP contribution in [0.2, 0.25) is 0 Å². The Hall–Kier alpha value is -1.79. The van der Waals surface area contributed by atoms with Gasteiger partial charge in [-0.1, -0.05) is 30.0 Å². The molecule has 0 saturated carbocycles. The summed E-state index contributed by atoms with van der Waals surface area (Å²) in [5.41, 5.74) is 1.34. The van der Waals surface area contributed by atoms with Crippen LogP contribution in [0.5, 0.6) is 0 Å². The highest BCUT2D eigenvalue weighted by molar-refractivity contribution is 8.45. The van der Waals surface area contributed by atoms with E-state index in [1.54, 1.807) is 24.3 Å². The minimum atomic E-state index is -0.974. The van der Waals surface area contributed by atoms with Gasteiger partial charge < -0.3 is 5.11 Å². The number of rotatable bonds is 4. The SMILES string of the molecule is C=CCSC1=N/C(=C\c2ccc(C(=O)O)cc2)C(=O)S1. The summed E-state index contributed by atoms with van der Waals surface area (Å²) in [6.45, 7) is 3.62. The Morgan fingerprint density at radius 2 is 2.10 bits per heavy atom. The predicted octanol–water partition coefficient (Wildman–Crippen LogP) is 3.27. The summed E-state index contributed by atoms with van der Waals surface area (Å²) in [6.07, 6.45) is 3.41. The van der Waals surface area contributed by atoms with Gasteiger partial charge in [0, 0.05) is 5.75 Å². The number of benzene rings is 1. The van der Waals surface area contributed by atoms with E-state index in [0.717, 1.165) is 17.3 Å². The van der Waals surface area contributed by atoms with Crippen molar-refractivity contribution in [3.05, 3.63) is 53.7 Å². The molecule has 0 bridgehead atoms. The molecule has 102 valence electrons. The second kappa shape index (κ2) is 6.58. The molecule has 0 amide bonds. The number of nitrogens with zero attached hydrogens (tertiary/aromatic N) is 1. The summed E-state index contributed by atoms with van der Waals surface area (Å²) in [6, 6.07) is 6.30. The molecule has 20 heavy (non-hydrogen) atoms. The van der Waals surface area contributed by atoms with Crippen LogP contribution in [-0.4, -0.2) is 26.3 Å². The van der Waals surface area contributed by atoms with Crippen molar-refractivity contribution in [2.45, 2.75) is 0 Å². The number of hydrogen-bond donors (Lipinski definition) is 1. The van der Waals surface area contributed by atoms with E-state index in [9.17, 15) is 9.59 Å². The van der Waals surface area contributed by atoms with Crippen molar-refractivity contribution in [1.29, 1.82) is 0 Å². The van der Waals surface area contributed by atoms with E-state index in [4.69, 9.17) is 5.11 Å². The summed E-state index contributed by atoms with van der Waals surface area (Å²) in [4.78, 5) is 26.8. The highest BCUT2D eigenvalue weighted by Gasteiger charge is 2.21. The van der Waals surface area contributed by atoms with Crippen molar-refractivity contribution >= 4 is 45.1 Å². The summed E-state index contributed by atoms with van der Waals surface area (Å²) in [5, 5.41) is 8.72. The third kappa shape index (κ3) is 3.61. The van der Waals surface area contributed by atoms with E-state index in [-0.39, 0.29) is 10.7 Å². The van der Waals surface area contributed by atoms with Crippen LogP contribution in [0.4, 0.5) is 0 Å². The number of carbonyl (C=O) groups is 2. The highest BCUT2D eigenvalue weighted by atomic mass is 32.2. The third-order valence-electron chi connectivity index (χ3n) is 2.39. The van der Waals surface area contributed by atoms with E-state index >= 15 is 0 Å². The van der Waals surface area contributed by atoms with Crippen molar-refractivity contribution in [2.75, 3.05) is 5.75 Å². The van der Waals surface area contributed by atoms with Gasteiger partial charge in [0.1, 0.15) is 10.1 Å². The Bertz CT molecular complexity index is 618. The van der Waals surface area contributed by atoms with Crippen LogP contribution in [0.25, 0.3) is 6.08 Å². The maximum atomic E-state index is 11.8. The molecule has 2 rings (SSSR count). The van der Waals surface area contributed by atoms with Gasteiger partial charge in [0.15, 0.2) is 0 Å². The van der Waals surface area contributed by atoms with Crippen molar-refractivity contribution in [2.24, 2.45) is 4.99 Å². The number of carbonyl (C=O) groups excluding carboxylic acids is 1. The van der Waals surface area contributed by atoms with Gasteiger partial charge in [-0.2, -0.15) is 0 Å². The molecule has 0 saturated heterocycles. The lowest BCUT2D eigenvalue weighted by molar-refractivity contribution is -0.107. The zero-order valence-electron chi connectivity index (χ0n) is 10.4. The first-order chi connectivity index (χ1) is 9.60. The largest absolute Gasteiger partial charge is 0.478 e. The first-order valence-electron chi connectivity index (χ1n) is 5.70. The van der Waals surface area contributed by atoms with Gasteiger partial charge in [0.25, 0.3) is 0 Å². The normalized spacial score (nSPS) is 16.3. The minimum absolute atomic E-state index is 0.0983. The van der Waals surface area contributed by atoms with Gasteiger partial charge in [-0.25, -0.2) is 9.79 Å². The minimum Gasteiger partial charge on any atom is -0.478 e. The Morgan fingerprint density at radius 3 is 2.70 bits per heavy atom. The van der Waals surface area contributed by atoms with E-state index in [2.05, 4.69) is 11.6 Å². The molecular weight excluding hydrogens is 294 g/mol. The molecule has 6 heteroatoms. The standard InChI is InChI=1S/C14H11NO3S2/c1-2-7-19-14-15-11(13(18)20-14)8-9-3-5-10(6-4-9)12(16)17/h2-6,8H,1,7H2,(H,16,17)/b11-8-. The summed E-state index contributed by atoms with van der Waals surface area (Å²) < 4.78 is 0.711. The summed E-state index contributed by atoms with van der Waals surface area (Å²) in [7, 11) is 0. The molecule has 0 aromatic heterocycles. The van der Waals surface area contributed by atoms with Crippen LogP contribution >= 0.6 is 23.5 Å². The first kappa shape index (κ1) is 14.6. The quantitative estimate of drug-likeness (QED) is 0.683. The van der Waals surface area contributed by atoms with E-state index in [1.807, 2.05) is 0 Å². The smallest absolute Gasteiger partial charge is 0.335 e. The van der Waals surface area contributed by atoms with Crippen LogP contribution in [0, 0.1) is 0 Å². The Balaban J connectivity index is 2.17. The first-order valence-corrected chi connectivity index (χ1v) is 7.50. The summed E-state index contributed by atoms with van der Waals surface area (Å²) in [5.74, 6) is -0.266. The molecule has 4 nitrogen and oxygen atoms in total. The van der Waals surface area contributed by atoms with E-state index in [1.165, 1.54) is 23.9 Å². The number of aliphatic imine (C=N–C) groups is 1. The Labute approximate surface area is 124 Å². The van der Waals surface area contributed by atoms with Crippen LogP contribution in [0.1, 0.15) is 15.9 Å². The van der Waals surface area contributed by atoms with Gasteiger partial charge >= 0.3 is 5.97 Å². The van der Waals surface area contributed by atoms with Crippen LogP contribution in [-0.2, 0) is 4.79 Å². The predicted molar refractivity (Wildman–Crippen MR) is 84.1 cm³/mol. The Kier molecular flexibility index (Phi) is 4.81. The van der Waals surface area contributed by atoms with Crippen LogP contribution in [0.15, 0.2) is 47.6 Å². The van der Waals surface area contributed by atoms with E-state index < -0.39 is 5.97 Å². The molecule has 0 aliphatic carbocycles. The Morgan fingerprint density at radius 1 is 1.40 bits per heavy atom. The maximum Gasteiger partial charge on any atom is 0.335 e. The fourth-order valence-corrected chi connectivity index (χ4v) is 3.06. The maximum absolute atomic E-state index is 11.8. The van der Waals surface area contributed by atoms with Crippen molar-refractivity contribution < 1.29 is 14.7 Å². The number of thioether (sulfide) groups is 2. The number of hydrogen-bond acceptors (Lipinski definition) is 5. The fourth-order valence-electron chi connectivity index (χ4n) is 1.46. The van der Waals surface area contributed by atoms with Crippen LogP contribution in [0.3, 0.4) is 0 Å². The monoisotopic (exact) mass is 305 g/mol. The van der Waals surface area contributed by atoms with Crippen molar-refractivity contribution in [3.63, 3.8) is 0 Å². The fraction of sp³-hybridized carbons (Fsp3) is 0.0714. The molecule has 1 aromatic rings. The average molecular weight is 305 g/mol. The molecule has 0 atom stereocenters. The molecular formula is C14H11NO3S2. The molecule has 1 N–H and O–H groups in total. The lowest BCUT2D eigenvalue weighted by Gasteiger charge is -1.96. The molecule has 0 radical (unpaired) electrons. The zero-order chi connectivity index (χ0) is 14.5. The molecule has 1 aromatic carbocycles. The highest BCUT2D eigenvalue weighted by Crippen LogP contribution is 2.30. The van der Waals surface area contributed by atoms with E-state index in [0.29, 0.717) is 15.8 Å². The lowest BCUT2D eigenvalue weighted by atomic mass is 10.1. The molecule has 0 spiro atoms. The van der Waals surface area contributed by atoms with Crippen LogP contribution < -0.4 is 0 Å². The van der Waals surface area contributed by atoms with Gasteiger partial charge in [-0.05, 0) is 35.5 Å². The lowest BCUT2D eigenvalue weighted by Crippen LogP contribution is -1.95. The summed E-state index contributed by atoms with van der Waals surface area (Å²) >= 11 is 2.57. The third-order valence-corrected chi connectivity index (χ3v) is 4.39. The molecule has 1 aliphatic rings. The molecule has 1 heterocycles. The molecule has 1 aliphatic heterocycles. The number of carboxylic acids is 1. The molecule has 0 fully saturated rings. The topological polar surface area (TPSA) is 66.7 Å². The zero-order valence-corrected chi connectivity index (χ0v) is 12.0. The molecule has 0 unspecified atom stereocenters. The second-order valence-electron chi connectivity index (χ2n) is 3.82. The van der Waals surface area contributed by atoms with Gasteiger partial charge in [-0.15, -0.1) is 6.58 Å².